The Kier molecular flexibility index (Phi) is 5.62. The molecular weight excluding hydrogens is 204 g/mol. The minimum atomic E-state index is -0.289. The summed E-state index contributed by atoms with van der Waals surface area (Å²) in [5.74, 6) is 4.51. The highest BCUT2D eigenvalue weighted by atomic mass is 16.6. The molecule has 0 saturated heterocycles. The van der Waals surface area contributed by atoms with Crippen molar-refractivity contribution in [3.05, 3.63) is 54.6 Å². The molecule has 0 spiro atoms. The monoisotopic (exact) mass is 218 g/mol. The lowest BCUT2D eigenvalue weighted by Gasteiger charge is -2.01. The average molecular weight is 218 g/mol. The second-order valence-electron chi connectivity index (χ2n) is 3.00. The Labute approximate surface area is 94.3 Å². The van der Waals surface area contributed by atoms with E-state index in [1.54, 1.807) is 12.1 Å². The number of carbonyl (C=O) groups excluding carboxylic acids is 1. The molecule has 3 N–H and O–H groups in total. The van der Waals surface area contributed by atoms with Crippen LogP contribution in [0, 0.1) is 0 Å². The Hall–Kier alpha value is -1.91. The van der Waals surface area contributed by atoms with Gasteiger partial charge in [0, 0.05) is 5.69 Å². The first-order chi connectivity index (χ1) is 7.83. The highest BCUT2D eigenvalue weighted by Crippen LogP contribution is 2.01. The van der Waals surface area contributed by atoms with Gasteiger partial charge in [-0.05, 0) is 12.1 Å². The van der Waals surface area contributed by atoms with Crippen molar-refractivity contribution >= 4 is 11.6 Å². The minimum Gasteiger partial charge on any atom is -0.324 e. The SMILES string of the molecule is NOCC(=O)Nc1ccccccccc1. The van der Waals surface area contributed by atoms with Crippen molar-refractivity contribution in [2.45, 2.75) is 0 Å². The standard InChI is InChI=1S/C12H14N2O2/c13-16-10-12(15)14-11-8-6-4-2-1-3-5-7-9-11/h1-9H,10,13H2,(H,14,15). The largest absolute Gasteiger partial charge is 0.324 e. The van der Waals surface area contributed by atoms with E-state index in [9.17, 15) is 4.79 Å². The molecule has 1 amide bonds. The van der Waals surface area contributed by atoms with Gasteiger partial charge in [0.1, 0.15) is 6.61 Å². The van der Waals surface area contributed by atoms with E-state index in [1.165, 1.54) is 0 Å². The predicted molar refractivity (Wildman–Crippen MR) is 62.8 cm³/mol. The van der Waals surface area contributed by atoms with Gasteiger partial charge >= 0.3 is 0 Å². The van der Waals surface area contributed by atoms with Crippen molar-refractivity contribution in [1.29, 1.82) is 0 Å². The fourth-order valence-electron chi connectivity index (χ4n) is 1.05. The van der Waals surface area contributed by atoms with Gasteiger partial charge in [-0.3, -0.25) is 9.63 Å². The molecule has 0 aliphatic rings. The van der Waals surface area contributed by atoms with Gasteiger partial charge in [0.05, 0.1) is 0 Å². The van der Waals surface area contributed by atoms with E-state index in [2.05, 4.69) is 10.2 Å². The van der Waals surface area contributed by atoms with Gasteiger partial charge in [-0.2, -0.15) is 0 Å². The van der Waals surface area contributed by atoms with Crippen LogP contribution in [-0.2, 0) is 9.63 Å². The summed E-state index contributed by atoms with van der Waals surface area (Å²) in [6.45, 7) is -0.162. The summed E-state index contributed by atoms with van der Waals surface area (Å²) in [6, 6.07) is 16.7. The molecule has 0 radical (unpaired) electrons. The predicted octanol–water partition coefficient (Wildman–Crippen LogP) is 1.64. The average Bonchev–Trinajstić information content (AvgIpc) is 2.27. The van der Waals surface area contributed by atoms with Crippen LogP contribution < -0.4 is 11.2 Å². The number of anilines is 1. The number of rotatable bonds is 3. The van der Waals surface area contributed by atoms with Gasteiger partial charge < -0.3 is 5.32 Å². The van der Waals surface area contributed by atoms with Crippen molar-refractivity contribution < 1.29 is 9.63 Å². The molecule has 0 aliphatic heterocycles. The fourth-order valence-corrected chi connectivity index (χ4v) is 1.05. The highest BCUT2D eigenvalue weighted by Gasteiger charge is 1.98. The highest BCUT2D eigenvalue weighted by molar-refractivity contribution is 5.91. The van der Waals surface area contributed by atoms with E-state index < -0.39 is 0 Å². The summed E-state index contributed by atoms with van der Waals surface area (Å²) in [6.07, 6.45) is 0. The van der Waals surface area contributed by atoms with E-state index in [0.717, 1.165) is 0 Å². The molecule has 84 valence electrons. The van der Waals surface area contributed by atoms with Gasteiger partial charge in [0.25, 0.3) is 5.91 Å². The number of amides is 1. The molecule has 0 aliphatic carbocycles. The summed E-state index contributed by atoms with van der Waals surface area (Å²) < 4.78 is 0. The lowest BCUT2D eigenvalue weighted by Crippen LogP contribution is -2.20. The number of hydrogen-bond acceptors (Lipinski definition) is 3. The van der Waals surface area contributed by atoms with Gasteiger partial charge in [0.15, 0.2) is 0 Å². The van der Waals surface area contributed by atoms with Crippen molar-refractivity contribution in [3.8, 4) is 0 Å². The normalized spacial score (nSPS) is 9.06. The molecule has 0 bridgehead atoms. The molecule has 0 atom stereocenters. The van der Waals surface area contributed by atoms with Crippen molar-refractivity contribution in [2.24, 2.45) is 5.90 Å². The second-order valence-corrected chi connectivity index (χ2v) is 3.00. The number of hydrogen-bond donors (Lipinski definition) is 2. The van der Waals surface area contributed by atoms with Crippen LogP contribution in [0.4, 0.5) is 5.69 Å². The van der Waals surface area contributed by atoms with Crippen LogP contribution in [0.3, 0.4) is 0 Å². The van der Waals surface area contributed by atoms with E-state index in [1.807, 2.05) is 42.5 Å². The number of nitrogens with one attached hydrogen (secondary N) is 1. The van der Waals surface area contributed by atoms with Crippen LogP contribution in [0.15, 0.2) is 54.6 Å². The van der Waals surface area contributed by atoms with Crippen LogP contribution >= 0.6 is 0 Å². The Morgan fingerprint density at radius 3 is 2.06 bits per heavy atom. The molecule has 0 aromatic heterocycles. The Balaban J connectivity index is 2.84. The van der Waals surface area contributed by atoms with Crippen LogP contribution in [0.1, 0.15) is 0 Å². The maximum Gasteiger partial charge on any atom is 0.252 e. The van der Waals surface area contributed by atoms with Crippen LogP contribution in [-0.4, -0.2) is 12.5 Å². The topological polar surface area (TPSA) is 64.3 Å². The Morgan fingerprint density at radius 1 is 1.06 bits per heavy atom. The molecule has 0 heterocycles. The molecular formula is C12H14N2O2. The maximum absolute atomic E-state index is 11.2. The van der Waals surface area contributed by atoms with Crippen molar-refractivity contribution in [1.82, 2.24) is 0 Å². The van der Waals surface area contributed by atoms with Gasteiger partial charge in [0.2, 0.25) is 0 Å². The van der Waals surface area contributed by atoms with E-state index in [0.29, 0.717) is 5.69 Å². The van der Waals surface area contributed by atoms with E-state index in [4.69, 9.17) is 5.90 Å². The zero-order chi connectivity index (χ0) is 11.6. The molecule has 1 rings (SSSR count). The van der Waals surface area contributed by atoms with E-state index >= 15 is 0 Å². The summed E-state index contributed by atoms with van der Waals surface area (Å²) in [7, 11) is 0. The van der Waals surface area contributed by atoms with Gasteiger partial charge in [-0.1, -0.05) is 42.5 Å². The molecule has 0 unspecified atom stereocenters. The fraction of sp³-hybridized carbons (Fsp3) is 0.0833. The van der Waals surface area contributed by atoms with Crippen molar-refractivity contribution in [3.63, 3.8) is 0 Å². The number of nitrogens with two attached hydrogens (primary N) is 1. The first-order valence-corrected chi connectivity index (χ1v) is 4.83. The Morgan fingerprint density at radius 2 is 1.56 bits per heavy atom. The maximum atomic E-state index is 11.2. The zero-order valence-corrected chi connectivity index (χ0v) is 8.80. The first kappa shape index (κ1) is 12.2. The third-order valence-corrected chi connectivity index (χ3v) is 1.72. The van der Waals surface area contributed by atoms with E-state index in [-0.39, 0.29) is 12.5 Å². The number of carbonyl (C=O) groups is 1. The molecule has 0 saturated carbocycles. The quantitative estimate of drug-likeness (QED) is 0.758. The summed E-state index contributed by atoms with van der Waals surface area (Å²) in [5.41, 5.74) is 0.679. The molecule has 0 fully saturated rings. The first-order valence-electron chi connectivity index (χ1n) is 4.83. The van der Waals surface area contributed by atoms with Gasteiger partial charge in [-0.25, -0.2) is 5.90 Å². The zero-order valence-electron chi connectivity index (χ0n) is 8.80. The van der Waals surface area contributed by atoms with Crippen LogP contribution in [0.2, 0.25) is 0 Å². The molecule has 1 aromatic rings. The van der Waals surface area contributed by atoms with Crippen LogP contribution in [0.5, 0.6) is 0 Å². The molecule has 1 aromatic carbocycles. The summed E-state index contributed by atoms with van der Waals surface area (Å²) >= 11 is 0. The molecule has 4 nitrogen and oxygen atoms in total. The second kappa shape index (κ2) is 7.39. The van der Waals surface area contributed by atoms with Crippen molar-refractivity contribution in [2.75, 3.05) is 11.9 Å². The summed E-state index contributed by atoms with van der Waals surface area (Å²) in [5, 5.41) is 2.66. The lowest BCUT2D eigenvalue weighted by molar-refractivity contribution is -0.120. The molecule has 4 heteroatoms. The minimum absolute atomic E-state index is 0.162. The summed E-state index contributed by atoms with van der Waals surface area (Å²) in [4.78, 5) is 15.5. The Bertz CT molecular complexity index is 368. The molecule has 16 heavy (non-hydrogen) atoms. The third kappa shape index (κ3) is 5.09. The lowest BCUT2D eigenvalue weighted by atomic mass is 10.3. The van der Waals surface area contributed by atoms with Crippen LogP contribution in [0.25, 0.3) is 0 Å². The van der Waals surface area contributed by atoms with Gasteiger partial charge in [-0.15, -0.1) is 0 Å². The third-order valence-electron chi connectivity index (χ3n) is 1.72. The smallest absolute Gasteiger partial charge is 0.252 e.